The minimum Gasteiger partial charge on any atom is -0.508 e. The maximum Gasteiger partial charge on any atom is 0.322 e. The highest BCUT2D eigenvalue weighted by atomic mass is 35.5. The SMILES string of the molecule is COC(=O)C(CC(C)C)NCc1cc(Cl)ccc1O. The molecule has 0 bridgehead atoms. The highest BCUT2D eigenvalue weighted by molar-refractivity contribution is 6.30. The van der Waals surface area contributed by atoms with E-state index < -0.39 is 0 Å². The molecule has 0 radical (unpaired) electrons. The van der Waals surface area contributed by atoms with Crippen LogP contribution in [0, 0.1) is 5.92 Å². The first-order valence-electron chi connectivity index (χ1n) is 6.22. The van der Waals surface area contributed by atoms with Crippen LogP contribution in [0.25, 0.3) is 0 Å². The van der Waals surface area contributed by atoms with Gasteiger partial charge in [-0.1, -0.05) is 25.4 Å². The molecule has 0 heterocycles. The molecule has 19 heavy (non-hydrogen) atoms. The highest BCUT2D eigenvalue weighted by Gasteiger charge is 2.20. The number of hydrogen-bond donors (Lipinski definition) is 2. The van der Waals surface area contributed by atoms with Gasteiger partial charge in [-0.25, -0.2) is 0 Å². The topological polar surface area (TPSA) is 58.6 Å². The van der Waals surface area contributed by atoms with Crippen LogP contribution in [0.15, 0.2) is 18.2 Å². The number of benzene rings is 1. The summed E-state index contributed by atoms with van der Waals surface area (Å²) in [6.45, 7) is 4.43. The molecule has 0 aliphatic rings. The summed E-state index contributed by atoms with van der Waals surface area (Å²) in [4.78, 5) is 11.6. The molecule has 5 heteroatoms. The summed E-state index contributed by atoms with van der Waals surface area (Å²) < 4.78 is 4.77. The number of phenols is 1. The van der Waals surface area contributed by atoms with Crippen LogP contribution in [0.4, 0.5) is 0 Å². The average molecular weight is 286 g/mol. The van der Waals surface area contributed by atoms with Gasteiger partial charge in [-0.3, -0.25) is 4.79 Å². The van der Waals surface area contributed by atoms with Crippen LogP contribution in [0.2, 0.25) is 5.02 Å². The van der Waals surface area contributed by atoms with E-state index in [9.17, 15) is 9.90 Å². The van der Waals surface area contributed by atoms with E-state index in [-0.39, 0.29) is 17.8 Å². The smallest absolute Gasteiger partial charge is 0.322 e. The maximum absolute atomic E-state index is 11.6. The van der Waals surface area contributed by atoms with Gasteiger partial charge in [0.2, 0.25) is 0 Å². The number of rotatable bonds is 6. The summed E-state index contributed by atoms with van der Waals surface area (Å²) in [6, 6.07) is 4.44. The Hall–Kier alpha value is -1.26. The van der Waals surface area contributed by atoms with Crippen LogP contribution < -0.4 is 5.32 Å². The van der Waals surface area contributed by atoms with Crippen molar-refractivity contribution in [3.8, 4) is 5.75 Å². The van der Waals surface area contributed by atoms with Gasteiger partial charge in [-0.15, -0.1) is 0 Å². The van der Waals surface area contributed by atoms with Crippen molar-refractivity contribution in [2.24, 2.45) is 5.92 Å². The van der Waals surface area contributed by atoms with Gasteiger partial charge in [0.05, 0.1) is 7.11 Å². The molecule has 1 aromatic rings. The molecular weight excluding hydrogens is 266 g/mol. The maximum atomic E-state index is 11.6. The van der Waals surface area contributed by atoms with Crippen molar-refractivity contribution in [2.75, 3.05) is 7.11 Å². The molecule has 0 spiro atoms. The number of aromatic hydroxyl groups is 1. The van der Waals surface area contributed by atoms with Gasteiger partial charge in [0.1, 0.15) is 11.8 Å². The zero-order valence-corrected chi connectivity index (χ0v) is 12.2. The zero-order chi connectivity index (χ0) is 14.4. The molecule has 1 atom stereocenters. The van der Waals surface area contributed by atoms with Gasteiger partial charge in [0, 0.05) is 17.1 Å². The third-order valence-corrected chi connectivity index (χ3v) is 3.01. The summed E-state index contributed by atoms with van der Waals surface area (Å²) in [5, 5.41) is 13.4. The molecule has 2 N–H and O–H groups in total. The Balaban J connectivity index is 2.70. The molecule has 0 saturated heterocycles. The Morgan fingerprint density at radius 3 is 2.74 bits per heavy atom. The van der Waals surface area contributed by atoms with E-state index in [0.717, 1.165) is 0 Å². The van der Waals surface area contributed by atoms with E-state index in [2.05, 4.69) is 5.32 Å². The van der Waals surface area contributed by atoms with E-state index in [4.69, 9.17) is 16.3 Å². The molecule has 0 aliphatic carbocycles. The van der Waals surface area contributed by atoms with Gasteiger partial charge in [-0.2, -0.15) is 0 Å². The third-order valence-electron chi connectivity index (χ3n) is 2.77. The predicted molar refractivity (Wildman–Crippen MR) is 75.2 cm³/mol. The van der Waals surface area contributed by atoms with Crippen LogP contribution in [-0.2, 0) is 16.1 Å². The number of methoxy groups -OCH3 is 1. The number of carbonyl (C=O) groups is 1. The molecule has 1 unspecified atom stereocenters. The summed E-state index contributed by atoms with van der Waals surface area (Å²) in [6.07, 6.45) is 0.675. The minimum atomic E-state index is -0.386. The van der Waals surface area contributed by atoms with E-state index in [1.54, 1.807) is 12.1 Å². The van der Waals surface area contributed by atoms with E-state index in [1.807, 2.05) is 13.8 Å². The normalized spacial score (nSPS) is 12.5. The Labute approximate surface area is 118 Å². The van der Waals surface area contributed by atoms with E-state index in [1.165, 1.54) is 13.2 Å². The molecule has 1 aromatic carbocycles. The van der Waals surface area contributed by atoms with Gasteiger partial charge in [0.25, 0.3) is 0 Å². The number of phenolic OH excluding ortho intramolecular Hbond substituents is 1. The van der Waals surface area contributed by atoms with Crippen LogP contribution in [0.5, 0.6) is 5.75 Å². The fourth-order valence-corrected chi connectivity index (χ4v) is 2.00. The quantitative estimate of drug-likeness (QED) is 0.789. The lowest BCUT2D eigenvalue weighted by molar-refractivity contribution is -0.143. The largest absolute Gasteiger partial charge is 0.508 e. The number of ether oxygens (including phenoxy) is 1. The van der Waals surface area contributed by atoms with Crippen molar-refractivity contribution in [2.45, 2.75) is 32.9 Å². The lowest BCUT2D eigenvalue weighted by Gasteiger charge is -2.18. The summed E-state index contributed by atoms with van der Waals surface area (Å²) >= 11 is 5.88. The minimum absolute atomic E-state index is 0.157. The second-order valence-corrected chi connectivity index (χ2v) is 5.30. The molecular formula is C14H20ClNO3. The molecule has 4 nitrogen and oxygen atoms in total. The van der Waals surface area contributed by atoms with Crippen molar-refractivity contribution in [3.63, 3.8) is 0 Å². The van der Waals surface area contributed by atoms with Crippen LogP contribution in [0.3, 0.4) is 0 Å². The molecule has 106 valence electrons. The monoisotopic (exact) mass is 285 g/mol. The van der Waals surface area contributed by atoms with E-state index >= 15 is 0 Å². The summed E-state index contributed by atoms with van der Waals surface area (Å²) in [7, 11) is 1.37. The third kappa shape index (κ3) is 5.09. The summed E-state index contributed by atoms with van der Waals surface area (Å²) in [5.41, 5.74) is 0.658. The van der Waals surface area contributed by atoms with Crippen molar-refractivity contribution < 1.29 is 14.6 Å². The van der Waals surface area contributed by atoms with Crippen LogP contribution in [0.1, 0.15) is 25.8 Å². The average Bonchev–Trinajstić information content (AvgIpc) is 2.36. The standard InChI is InChI=1S/C14H20ClNO3/c1-9(2)6-12(14(18)19-3)16-8-10-7-11(15)4-5-13(10)17/h4-5,7,9,12,16-17H,6,8H2,1-3H3. The first-order chi connectivity index (χ1) is 8.93. The fraction of sp³-hybridized carbons (Fsp3) is 0.500. The predicted octanol–water partition coefficient (Wildman–Crippen LogP) is 2.72. The number of hydrogen-bond acceptors (Lipinski definition) is 4. The molecule has 0 aliphatic heterocycles. The van der Waals surface area contributed by atoms with Crippen LogP contribution >= 0.6 is 11.6 Å². The Morgan fingerprint density at radius 2 is 2.16 bits per heavy atom. The van der Waals surface area contributed by atoms with Crippen molar-refractivity contribution in [3.05, 3.63) is 28.8 Å². The first kappa shape index (κ1) is 15.8. The van der Waals surface area contributed by atoms with Gasteiger partial charge in [0.15, 0.2) is 0 Å². The number of halogens is 1. The van der Waals surface area contributed by atoms with Crippen LogP contribution in [-0.4, -0.2) is 24.2 Å². The fourth-order valence-electron chi connectivity index (χ4n) is 1.81. The molecule has 0 aromatic heterocycles. The molecule has 0 fully saturated rings. The number of esters is 1. The second-order valence-electron chi connectivity index (χ2n) is 4.86. The van der Waals surface area contributed by atoms with Gasteiger partial charge < -0.3 is 15.2 Å². The Morgan fingerprint density at radius 1 is 1.47 bits per heavy atom. The van der Waals surface area contributed by atoms with Crippen molar-refractivity contribution >= 4 is 17.6 Å². The Kier molecular flexibility index (Phi) is 6.12. The van der Waals surface area contributed by atoms with Crippen molar-refractivity contribution in [1.29, 1.82) is 0 Å². The molecule has 0 amide bonds. The molecule has 1 rings (SSSR count). The van der Waals surface area contributed by atoms with Crippen molar-refractivity contribution in [1.82, 2.24) is 5.32 Å². The van der Waals surface area contributed by atoms with Gasteiger partial charge in [-0.05, 0) is 30.5 Å². The highest BCUT2D eigenvalue weighted by Crippen LogP contribution is 2.21. The zero-order valence-electron chi connectivity index (χ0n) is 11.4. The molecule has 0 saturated carbocycles. The van der Waals surface area contributed by atoms with E-state index in [0.29, 0.717) is 29.5 Å². The number of nitrogens with one attached hydrogen (secondary N) is 1. The summed E-state index contributed by atoms with van der Waals surface area (Å²) in [5.74, 6) is 0.227. The first-order valence-corrected chi connectivity index (χ1v) is 6.60. The number of carbonyl (C=O) groups excluding carboxylic acids is 1. The Bertz CT molecular complexity index is 435. The lowest BCUT2D eigenvalue weighted by Crippen LogP contribution is -2.38. The second kappa shape index (κ2) is 7.36. The lowest BCUT2D eigenvalue weighted by atomic mass is 10.0. The van der Waals surface area contributed by atoms with Gasteiger partial charge >= 0.3 is 5.97 Å².